The van der Waals surface area contributed by atoms with E-state index < -0.39 is 26.5 Å². The maximum atomic E-state index is 12.6. The molecule has 0 saturated heterocycles. The summed E-state index contributed by atoms with van der Waals surface area (Å²) < 4.78 is 32.8. The molecule has 2 unspecified atom stereocenters. The highest BCUT2D eigenvalue weighted by Crippen LogP contribution is 2.43. The molecule has 3 N–H and O–H groups in total. The Bertz CT molecular complexity index is 860. The van der Waals surface area contributed by atoms with Gasteiger partial charge >= 0.3 is 19.8 Å². The molecule has 0 rings (SSSR count). The zero-order chi connectivity index (χ0) is 39.6. The molecule has 0 saturated carbocycles. The molecule has 0 aliphatic heterocycles. The van der Waals surface area contributed by atoms with Gasteiger partial charge in [0.1, 0.15) is 6.61 Å². The van der Waals surface area contributed by atoms with Crippen LogP contribution in [0.1, 0.15) is 239 Å². The average molecular weight is 790 g/mol. The zero-order valence-corrected chi connectivity index (χ0v) is 36.4. The van der Waals surface area contributed by atoms with Crippen molar-refractivity contribution in [2.45, 2.75) is 245 Å². The van der Waals surface area contributed by atoms with Crippen molar-refractivity contribution in [1.29, 1.82) is 0 Å². The Morgan fingerprint density at radius 3 is 1.13 bits per heavy atom. The summed E-state index contributed by atoms with van der Waals surface area (Å²) in [6.07, 6.45) is 41.4. The Morgan fingerprint density at radius 2 is 0.796 bits per heavy atom. The second-order valence-corrected chi connectivity index (χ2v) is 17.1. The van der Waals surface area contributed by atoms with Gasteiger partial charge in [-0.05, 0) is 12.8 Å². The van der Waals surface area contributed by atoms with Crippen LogP contribution in [0.5, 0.6) is 0 Å². The summed E-state index contributed by atoms with van der Waals surface area (Å²) in [5.41, 5.74) is 5.35. The lowest BCUT2D eigenvalue weighted by Crippen LogP contribution is -2.29. The number of hydrogen-bond donors (Lipinski definition) is 2. The van der Waals surface area contributed by atoms with Crippen LogP contribution in [0.25, 0.3) is 0 Å². The number of phosphoric ester groups is 1. The van der Waals surface area contributed by atoms with Crippen molar-refractivity contribution in [2.75, 3.05) is 26.4 Å². The van der Waals surface area contributed by atoms with E-state index in [-0.39, 0.29) is 38.6 Å². The minimum atomic E-state index is -4.37. The van der Waals surface area contributed by atoms with Crippen molar-refractivity contribution in [1.82, 2.24) is 0 Å². The lowest BCUT2D eigenvalue weighted by Gasteiger charge is -2.19. The van der Waals surface area contributed by atoms with E-state index in [0.717, 1.165) is 32.1 Å². The summed E-state index contributed by atoms with van der Waals surface area (Å²) in [4.78, 5) is 34.8. The van der Waals surface area contributed by atoms with Crippen molar-refractivity contribution >= 4 is 19.8 Å². The Hall–Kier alpha value is -0.990. The smallest absolute Gasteiger partial charge is 0.462 e. The van der Waals surface area contributed by atoms with Gasteiger partial charge in [0.05, 0.1) is 13.2 Å². The molecule has 10 heteroatoms. The minimum absolute atomic E-state index is 0.0581. The molecular formula is C44H88NO8P. The van der Waals surface area contributed by atoms with Crippen molar-refractivity contribution < 1.29 is 37.6 Å². The lowest BCUT2D eigenvalue weighted by molar-refractivity contribution is -0.161. The zero-order valence-electron chi connectivity index (χ0n) is 35.5. The molecule has 54 heavy (non-hydrogen) atoms. The van der Waals surface area contributed by atoms with Gasteiger partial charge in [0.15, 0.2) is 6.10 Å². The molecule has 0 amide bonds. The number of unbranched alkanes of at least 4 members (excludes halogenated alkanes) is 31. The molecule has 0 aromatic heterocycles. The quantitative estimate of drug-likeness (QED) is 0.0351. The number of rotatable bonds is 44. The summed E-state index contributed by atoms with van der Waals surface area (Å²) in [6.45, 7) is 3.77. The summed E-state index contributed by atoms with van der Waals surface area (Å²) >= 11 is 0. The molecule has 0 aromatic rings. The summed E-state index contributed by atoms with van der Waals surface area (Å²) in [7, 11) is -4.37. The van der Waals surface area contributed by atoms with Gasteiger partial charge in [0, 0.05) is 19.4 Å². The molecule has 0 heterocycles. The highest BCUT2D eigenvalue weighted by molar-refractivity contribution is 7.47. The fourth-order valence-electron chi connectivity index (χ4n) is 6.81. The fraction of sp³-hybridized carbons (Fsp3) is 0.955. The average Bonchev–Trinajstić information content (AvgIpc) is 3.16. The van der Waals surface area contributed by atoms with Crippen LogP contribution in [0, 0.1) is 0 Å². The molecule has 0 spiro atoms. The standard InChI is InChI=1S/C44H88NO8P/c1-3-5-7-9-11-13-15-16-17-18-19-20-21-22-23-24-25-27-29-31-33-35-37-44(47)53-42(41-52-54(48,49)51-39-38-45)40-50-43(46)36-34-32-30-28-26-14-12-10-8-6-4-2/h42H,3-41,45H2,1-2H3,(H,48,49). The highest BCUT2D eigenvalue weighted by atomic mass is 31.2. The van der Waals surface area contributed by atoms with Gasteiger partial charge in [-0.2, -0.15) is 0 Å². The summed E-state index contributed by atoms with van der Waals surface area (Å²) in [6, 6.07) is 0. The number of hydrogen-bond acceptors (Lipinski definition) is 8. The van der Waals surface area contributed by atoms with Crippen LogP contribution >= 0.6 is 7.82 Å². The van der Waals surface area contributed by atoms with Crippen molar-refractivity contribution in [3.8, 4) is 0 Å². The SMILES string of the molecule is CCCCCCCCCCCCCCCCCCCCCCCCC(=O)OC(COC(=O)CCCCCCCCCCCCC)COP(=O)(O)OCCN. The fourth-order valence-corrected chi connectivity index (χ4v) is 7.58. The number of ether oxygens (including phenoxy) is 2. The number of carbonyl (C=O) groups is 2. The largest absolute Gasteiger partial charge is 0.472 e. The molecule has 0 aliphatic rings. The van der Waals surface area contributed by atoms with Crippen LogP contribution in [0.2, 0.25) is 0 Å². The van der Waals surface area contributed by atoms with Crippen molar-refractivity contribution in [3.63, 3.8) is 0 Å². The van der Waals surface area contributed by atoms with Crippen molar-refractivity contribution in [3.05, 3.63) is 0 Å². The minimum Gasteiger partial charge on any atom is -0.462 e. The lowest BCUT2D eigenvalue weighted by atomic mass is 10.0. The Labute approximate surface area is 333 Å². The third-order valence-corrected chi connectivity index (χ3v) is 11.2. The molecule has 9 nitrogen and oxygen atoms in total. The predicted molar refractivity (Wildman–Crippen MR) is 225 cm³/mol. The van der Waals surface area contributed by atoms with E-state index in [2.05, 4.69) is 13.8 Å². The van der Waals surface area contributed by atoms with Gasteiger partial charge < -0.3 is 20.1 Å². The van der Waals surface area contributed by atoms with Crippen LogP contribution in [0.15, 0.2) is 0 Å². The number of phosphoric acid groups is 1. The number of nitrogens with two attached hydrogens (primary N) is 1. The van der Waals surface area contributed by atoms with E-state index in [1.165, 1.54) is 173 Å². The van der Waals surface area contributed by atoms with E-state index in [4.69, 9.17) is 24.3 Å². The second-order valence-electron chi connectivity index (χ2n) is 15.6. The van der Waals surface area contributed by atoms with Crippen LogP contribution < -0.4 is 5.73 Å². The van der Waals surface area contributed by atoms with E-state index in [0.29, 0.717) is 6.42 Å². The van der Waals surface area contributed by atoms with Gasteiger partial charge in [0.25, 0.3) is 0 Å². The van der Waals surface area contributed by atoms with Crippen LogP contribution in [0.3, 0.4) is 0 Å². The van der Waals surface area contributed by atoms with E-state index in [1.807, 2.05) is 0 Å². The molecule has 322 valence electrons. The van der Waals surface area contributed by atoms with Crippen LogP contribution in [-0.4, -0.2) is 49.3 Å². The Morgan fingerprint density at radius 1 is 0.481 bits per heavy atom. The van der Waals surface area contributed by atoms with Gasteiger partial charge in [-0.3, -0.25) is 18.6 Å². The predicted octanol–water partition coefficient (Wildman–Crippen LogP) is 13.2. The topological polar surface area (TPSA) is 134 Å². The molecule has 0 aromatic carbocycles. The Kier molecular flexibility index (Phi) is 40.9. The van der Waals surface area contributed by atoms with Gasteiger partial charge in [-0.1, -0.05) is 213 Å². The van der Waals surface area contributed by atoms with E-state index in [9.17, 15) is 19.0 Å². The molecule has 2 atom stereocenters. The second kappa shape index (κ2) is 41.6. The van der Waals surface area contributed by atoms with E-state index in [1.54, 1.807) is 0 Å². The molecule has 0 radical (unpaired) electrons. The molecular weight excluding hydrogens is 701 g/mol. The first-order valence-corrected chi connectivity index (χ1v) is 24.5. The van der Waals surface area contributed by atoms with Crippen LogP contribution in [0.4, 0.5) is 0 Å². The first-order valence-electron chi connectivity index (χ1n) is 23.0. The van der Waals surface area contributed by atoms with Gasteiger partial charge in [-0.25, -0.2) is 4.57 Å². The van der Waals surface area contributed by atoms with Gasteiger partial charge in [0.2, 0.25) is 0 Å². The van der Waals surface area contributed by atoms with Gasteiger partial charge in [-0.15, -0.1) is 0 Å². The summed E-state index contributed by atoms with van der Waals surface area (Å²) in [5, 5.41) is 0. The third kappa shape index (κ3) is 40.7. The Balaban J connectivity index is 3.99. The number of carbonyl (C=O) groups excluding carboxylic acids is 2. The molecule has 0 aliphatic carbocycles. The van der Waals surface area contributed by atoms with Crippen LogP contribution in [-0.2, 0) is 32.7 Å². The first kappa shape index (κ1) is 53.0. The number of esters is 2. The molecule has 0 fully saturated rings. The normalized spacial score (nSPS) is 13.2. The monoisotopic (exact) mass is 790 g/mol. The molecule has 0 bridgehead atoms. The maximum absolute atomic E-state index is 12.6. The van der Waals surface area contributed by atoms with Crippen molar-refractivity contribution in [2.24, 2.45) is 5.73 Å². The van der Waals surface area contributed by atoms with E-state index >= 15 is 0 Å². The first-order chi connectivity index (χ1) is 26.3. The highest BCUT2D eigenvalue weighted by Gasteiger charge is 2.26. The third-order valence-electron chi connectivity index (χ3n) is 10.2. The maximum Gasteiger partial charge on any atom is 0.472 e. The summed E-state index contributed by atoms with van der Waals surface area (Å²) in [5.74, 6) is -0.813.